The monoisotopic (exact) mass is 283 g/mol. The summed E-state index contributed by atoms with van der Waals surface area (Å²) in [5.41, 5.74) is 3.88. The van der Waals surface area contributed by atoms with Crippen LogP contribution in [0.1, 0.15) is 31.4 Å². The molecule has 0 aliphatic rings. The topological polar surface area (TPSA) is 12.5 Å². The van der Waals surface area contributed by atoms with E-state index in [0.717, 1.165) is 18.7 Å². The van der Waals surface area contributed by atoms with Crippen LogP contribution in [0, 0.1) is 6.92 Å². The third-order valence-electron chi connectivity index (χ3n) is 4.00. The second-order valence-corrected chi connectivity index (χ2v) is 5.57. The van der Waals surface area contributed by atoms with Gasteiger partial charge in [-0.2, -0.15) is 0 Å². The van der Waals surface area contributed by atoms with Crippen LogP contribution >= 0.6 is 0 Å². The largest absolute Gasteiger partial charge is 0.497 e. The van der Waals surface area contributed by atoms with Crippen molar-refractivity contribution in [2.24, 2.45) is 0 Å². The number of aryl methyl sites for hydroxylation is 1. The molecule has 2 rings (SSSR count). The van der Waals surface area contributed by atoms with Gasteiger partial charge in [-0.25, -0.2) is 0 Å². The second kappa shape index (κ2) is 7.16. The third-order valence-corrected chi connectivity index (χ3v) is 4.00. The van der Waals surface area contributed by atoms with Gasteiger partial charge in [0.15, 0.2) is 0 Å². The highest BCUT2D eigenvalue weighted by molar-refractivity contribution is 5.49. The zero-order chi connectivity index (χ0) is 15.2. The average molecular weight is 283 g/mol. The summed E-state index contributed by atoms with van der Waals surface area (Å²) in [5.74, 6) is 0.907. The van der Waals surface area contributed by atoms with Crippen LogP contribution in [0.4, 0.5) is 5.69 Å². The lowest BCUT2D eigenvalue weighted by atomic mass is 10.1. The first-order valence-corrected chi connectivity index (χ1v) is 7.60. The summed E-state index contributed by atoms with van der Waals surface area (Å²) in [7, 11) is 1.70. The molecule has 0 spiro atoms. The number of ether oxygens (including phenoxy) is 1. The lowest BCUT2D eigenvalue weighted by molar-refractivity contribution is 0.414. The summed E-state index contributed by atoms with van der Waals surface area (Å²) in [6.45, 7) is 7.56. The van der Waals surface area contributed by atoms with Gasteiger partial charge in [0.25, 0.3) is 0 Å². The molecule has 0 fully saturated rings. The number of benzene rings is 2. The van der Waals surface area contributed by atoms with Crippen molar-refractivity contribution in [3.63, 3.8) is 0 Å². The molecule has 1 atom stereocenters. The predicted molar refractivity (Wildman–Crippen MR) is 90.1 cm³/mol. The van der Waals surface area contributed by atoms with Gasteiger partial charge in [0.05, 0.1) is 7.11 Å². The average Bonchev–Trinajstić information content (AvgIpc) is 2.53. The highest BCUT2D eigenvalue weighted by atomic mass is 16.5. The molecular formula is C19H25NO. The van der Waals surface area contributed by atoms with E-state index in [1.165, 1.54) is 16.8 Å². The molecule has 2 aromatic rings. The van der Waals surface area contributed by atoms with E-state index in [4.69, 9.17) is 4.74 Å². The molecule has 1 unspecified atom stereocenters. The maximum Gasteiger partial charge on any atom is 0.118 e. The summed E-state index contributed by atoms with van der Waals surface area (Å²) in [6, 6.07) is 17.6. The summed E-state index contributed by atoms with van der Waals surface area (Å²) < 4.78 is 5.23. The van der Waals surface area contributed by atoms with Crippen LogP contribution in [0.2, 0.25) is 0 Å². The van der Waals surface area contributed by atoms with Gasteiger partial charge in [-0.1, -0.05) is 36.8 Å². The molecule has 0 radical (unpaired) electrons. The number of rotatable bonds is 6. The Bertz CT molecular complexity index is 545. The van der Waals surface area contributed by atoms with E-state index in [0.29, 0.717) is 6.04 Å². The normalized spacial score (nSPS) is 12.0. The van der Waals surface area contributed by atoms with Gasteiger partial charge in [-0.05, 0) is 50.1 Å². The minimum atomic E-state index is 0.509. The Morgan fingerprint density at radius 3 is 2.14 bits per heavy atom. The Balaban J connectivity index is 2.21. The second-order valence-electron chi connectivity index (χ2n) is 5.57. The molecule has 112 valence electrons. The minimum Gasteiger partial charge on any atom is -0.497 e. The molecule has 0 saturated heterocycles. The van der Waals surface area contributed by atoms with E-state index in [1.54, 1.807) is 7.11 Å². The molecule has 0 bridgehead atoms. The minimum absolute atomic E-state index is 0.509. The SMILES string of the molecule is CCC(C)N(Cc1ccc(OC)cc1)c1ccc(C)cc1. The van der Waals surface area contributed by atoms with Gasteiger partial charge >= 0.3 is 0 Å². The van der Waals surface area contributed by atoms with Crippen molar-refractivity contribution >= 4 is 5.69 Å². The number of anilines is 1. The van der Waals surface area contributed by atoms with Gasteiger partial charge in [0.1, 0.15) is 5.75 Å². The Morgan fingerprint density at radius 1 is 1.00 bits per heavy atom. The van der Waals surface area contributed by atoms with E-state index in [-0.39, 0.29) is 0 Å². The first-order chi connectivity index (χ1) is 10.1. The summed E-state index contributed by atoms with van der Waals surface area (Å²) >= 11 is 0. The maximum absolute atomic E-state index is 5.23. The molecule has 0 aliphatic heterocycles. The highest BCUT2D eigenvalue weighted by Crippen LogP contribution is 2.23. The fraction of sp³-hybridized carbons (Fsp3) is 0.368. The van der Waals surface area contributed by atoms with E-state index in [1.807, 2.05) is 12.1 Å². The predicted octanol–water partition coefficient (Wildman–Crippen LogP) is 4.81. The molecule has 21 heavy (non-hydrogen) atoms. The number of hydrogen-bond acceptors (Lipinski definition) is 2. The lowest BCUT2D eigenvalue weighted by Gasteiger charge is -2.31. The van der Waals surface area contributed by atoms with Crippen LogP contribution in [0.3, 0.4) is 0 Å². The highest BCUT2D eigenvalue weighted by Gasteiger charge is 2.13. The van der Waals surface area contributed by atoms with Crippen LogP contribution in [0.25, 0.3) is 0 Å². The first-order valence-electron chi connectivity index (χ1n) is 7.60. The van der Waals surface area contributed by atoms with E-state index < -0.39 is 0 Å². The standard InChI is InChI=1S/C19H25NO/c1-5-16(3)20(18-10-6-15(2)7-11-18)14-17-8-12-19(21-4)13-9-17/h6-13,16H,5,14H2,1-4H3. The number of hydrogen-bond donors (Lipinski definition) is 0. The zero-order valence-electron chi connectivity index (χ0n) is 13.5. The van der Waals surface area contributed by atoms with Gasteiger partial charge in [0, 0.05) is 18.3 Å². The molecule has 0 N–H and O–H groups in total. The van der Waals surface area contributed by atoms with E-state index in [9.17, 15) is 0 Å². The number of methoxy groups -OCH3 is 1. The smallest absolute Gasteiger partial charge is 0.118 e. The molecule has 0 heterocycles. The third kappa shape index (κ3) is 4.01. The molecule has 0 saturated carbocycles. The molecule has 2 nitrogen and oxygen atoms in total. The van der Waals surface area contributed by atoms with Crippen molar-refractivity contribution in [1.82, 2.24) is 0 Å². The summed E-state index contributed by atoms with van der Waals surface area (Å²) in [4.78, 5) is 2.46. The van der Waals surface area contributed by atoms with Crippen LogP contribution in [-0.2, 0) is 6.54 Å². The van der Waals surface area contributed by atoms with E-state index in [2.05, 4.69) is 62.1 Å². The molecule has 0 aromatic heterocycles. The van der Waals surface area contributed by atoms with Crippen LogP contribution in [0.15, 0.2) is 48.5 Å². The van der Waals surface area contributed by atoms with Gasteiger partial charge in [-0.3, -0.25) is 0 Å². The summed E-state index contributed by atoms with van der Waals surface area (Å²) in [5, 5.41) is 0. The van der Waals surface area contributed by atoms with Crippen molar-refractivity contribution in [3.05, 3.63) is 59.7 Å². The quantitative estimate of drug-likeness (QED) is 0.754. The van der Waals surface area contributed by atoms with Crippen molar-refractivity contribution in [2.45, 2.75) is 39.8 Å². The molecule has 2 aromatic carbocycles. The van der Waals surface area contributed by atoms with Crippen LogP contribution in [0.5, 0.6) is 5.75 Å². The number of nitrogens with zero attached hydrogens (tertiary/aromatic N) is 1. The van der Waals surface area contributed by atoms with E-state index >= 15 is 0 Å². The van der Waals surface area contributed by atoms with Crippen molar-refractivity contribution < 1.29 is 4.74 Å². The zero-order valence-corrected chi connectivity index (χ0v) is 13.5. The fourth-order valence-corrected chi connectivity index (χ4v) is 2.39. The van der Waals surface area contributed by atoms with Gasteiger partial charge < -0.3 is 9.64 Å². The van der Waals surface area contributed by atoms with Gasteiger partial charge in [-0.15, -0.1) is 0 Å². The van der Waals surface area contributed by atoms with Crippen molar-refractivity contribution in [1.29, 1.82) is 0 Å². The molecule has 2 heteroatoms. The van der Waals surface area contributed by atoms with Crippen molar-refractivity contribution in [2.75, 3.05) is 12.0 Å². The molecule has 0 aliphatic carbocycles. The summed E-state index contributed by atoms with van der Waals surface area (Å²) in [6.07, 6.45) is 1.13. The Labute approximate surface area is 128 Å². The van der Waals surface area contributed by atoms with Crippen LogP contribution in [-0.4, -0.2) is 13.2 Å². The van der Waals surface area contributed by atoms with Crippen LogP contribution < -0.4 is 9.64 Å². The Kier molecular flexibility index (Phi) is 5.26. The molecular weight excluding hydrogens is 258 g/mol. The first kappa shape index (κ1) is 15.4. The maximum atomic E-state index is 5.23. The Morgan fingerprint density at radius 2 is 1.62 bits per heavy atom. The molecule has 0 amide bonds. The Hall–Kier alpha value is -1.96. The fourth-order valence-electron chi connectivity index (χ4n) is 2.39. The van der Waals surface area contributed by atoms with Gasteiger partial charge in [0.2, 0.25) is 0 Å². The van der Waals surface area contributed by atoms with Crippen molar-refractivity contribution in [3.8, 4) is 5.75 Å². The lowest BCUT2D eigenvalue weighted by Crippen LogP contribution is -2.31.